The quantitative estimate of drug-likeness (QED) is 0.123. The van der Waals surface area contributed by atoms with E-state index in [9.17, 15) is 28.8 Å². The molecule has 0 amide bonds. The van der Waals surface area contributed by atoms with E-state index >= 15 is 0 Å². The molecule has 0 unspecified atom stereocenters. The topological polar surface area (TPSA) is 180 Å². The van der Waals surface area contributed by atoms with Gasteiger partial charge in [-0.2, -0.15) is 0 Å². The lowest BCUT2D eigenvalue weighted by molar-refractivity contribution is -0.135. The van der Waals surface area contributed by atoms with Crippen LogP contribution in [0.2, 0.25) is 0 Å². The lowest BCUT2D eigenvalue weighted by Gasteiger charge is -2.03. The molecular formula is C34H32O12. The van der Waals surface area contributed by atoms with Crippen molar-refractivity contribution in [3.63, 3.8) is 0 Å². The van der Waals surface area contributed by atoms with Gasteiger partial charge in [0.2, 0.25) is 0 Å². The average molecular weight is 633 g/mol. The van der Waals surface area contributed by atoms with Gasteiger partial charge in [0.15, 0.2) is 0 Å². The highest BCUT2D eigenvalue weighted by Gasteiger charge is 2.12. The number of carbonyl (C=O) groups is 6. The van der Waals surface area contributed by atoms with Crippen LogP contribution in [0, 0.1) is 0 Å². The number of aliphatic carboxylic acids is 2. The molecule has 0 radical (unpaired) electrons. The van der Waals surface area contributed by atoms with E-state index in [1.165, 1.54) is 13.8 Å². The number of carboxylic acids is 2. The first kappa shape index (κ1) is 39.4. The zero-order valence-corrected chi connectivity index (χ0v) is 25.0. The lowest BCUT2D eigenvalue weighted by Crippen LogP contribution is -2.16. The highest BCUT2D eigenvalue weighted by Crippen LogP contribution is 2.10. The van der Waals surface area contributed by atoms with Gasteiger partial charge < -0.3 is 29.2 Å². The number of rotatable bonds is 7. The van der Waals surface area contributed by atoms with Gasteiger partial charge in [-0.3, -0.25) is 0 Å². The molecule has 240 valence electrons. The summed E-state index contributed by atoms with van der Waals surface area (Å²) in [6, 6.07) is 25.9. The molecule has 0 aromatic heterocycles. The van der Waals surface area contributed by atoms with E-state index in [4.69, 9.17) is 14.9 Å². The van der Waals surface area contributed by atoms with Crippen LogP contribution in [0.5, 0.6) is 11.5 Å². The fraction of sp³-hybridized carbons (Fsp3) is 0.0588. The Kier molecular flexibility index (Phi) is 19.7. The summed E-state index contributed by atoms with van der Waals surface area (Å²) in [6.07, 6.45) is 1.43. The number of ether oxygens (including phenoxy) is 4. The Morgan fingerprint density at radius 1 is 0.630 bits per heavy atom. The van der Waals surface area contributed by atoms with Crippen molar-refractivity contribution < 1.29 is 57.9 Å². The predicted octanol–water partition coefficient (Wildman–Crippen LogP) is 6.65. The molecular weight excluding hydrogens is 600 g/mol. The average Bonchev–Trinajstić information content (AvgIpc) is 3.02. The van der Waals surface area contributed by atoms with Crippen LogP contribution in [0.1, 0.15) is 19.4 Å². The van der Waals surface area contributed by atoms with Crippen LogP contribution in [0.4, 0.5) is 9.59 Å². The van der Waals surface area contributed by atoms with Gasteiger partial charge in [0, 0.05) is 23.3 Å². The number of esters is 2. The molecule has 3 aromatic carbocycles. The fourth-order valence-corrected chi connectivity index (χ4v) is 2.23. The maximum atomic E-state index is 11.0. The van der Waals surface area contributed by atoms with Crippen molar-refractivity contribution in [2.45, 2.75) is 13.8 Å². The number of benzene rings is 3. The SMILES string of the molecule is C=C(C)C(=O)O.C=C(C)C(=O)OC(=O)Oc1ccccc1.C=CC(=O)OC(=O)Oc1ccccc1.O=C(O)C=Cc1ccccc1. The Hall–Kier alpha value is -6.56. The molecule has 0 spiro atoms. The smallest absolute Gasteiger partial charge is 0.478 e. The van der Waals surface area contributed by atoms with Crippen LogP contribution in [0.15, 0.2) is 134 Å². The molecule has 0 heterocycles. The first-order valence-electron chi connectivity index (χ1n) is 12.9. The van der Waals surface area contributed by atoms with Gasteiger partial charge in [-0.1, -0.05) is 86.5 Å². The van der Waals surface area contributed by atoms with Crippen molar-refractivity contribution in [1.29, 1.82) is 0 Å². The highest BCUT2D eigenvalue weighted by molar-refractivity contribution is 5.94. The van der Waals surface area contributed by atoms with Crippen molar-refractivity contribution >= 4 is 42.3 Å². The largest absolute Gasteiger partial charge is 0.521 e. The minimum atomic E-state index is -1.07. The summed E-state index contributed by atoms with van der Waals surface area (Å²) in [7, 11) is 0. The summed E-state index contributed by atoms with van der Waals surface area (Å²) in [5.41, 5.74) is 1.21. The molecule has 0 aliphatic carbocycles. The molecule has 0 fully saturated rings. The molecule has 0 bridgehead atoms. The molecule has 3 rings (SSSR count). The van der Waals surface area contributed by atoms with E-state index in [1.54, 1.807) is 66.7 Å². The summed E-state index contributed by atoms with van der Waals surface area (Å²) >= 11 is 0. The minimum absolute atomic E-state index is 0.139. The van der Waals surface area contributed by atoms with E-state index in [2.05, 4.69) is 33.9 Å². The lowest BCUT2D eigenvalue weighted by atomic mass is 10.2. The number of carbonyl (C=O) groups excluding carboxylic acids is 4. The maximum Gasteiger partial charge on any atom is 0.521 e. The monoisotopic (exact) mass is 632 g/mol. The van der Waals surface area contributed by atoms with Crippen molar-refractivity contribution in [2.24, 2.45) is 0 Å². The van der Waals surface area contributed by atoms with Gasteiger partial charge in [-0.25, -0.2) is 28.8 Å². The third-order valence-electron chi connectivity index (χ3n) is 4.35. The Labute approximate surface area is 265 Å². The van der Waals surface area contributed by atoms with Crippen LogP contribution in [-0.2, 0) is 28.7 Å². The molecule has 12 heteroatoms. The van der Waals surface area contributed by atoms with Crippen LogP contribution in [-0.4, -0.2) is 46.4 Å². The molecule has 12 nitrogen and oxygen atoms in total. The number of carboxylic acid groups (broad SMARTS) is 2. The van der Waals surface area contributed by atoms with E-state index < -0.39 is 36.2 Å². The molecule has 0 saturated heterocycles. The molecule has 2 N–H and O–H groups in total. The molecule has 0 saturated carbocycles. The van der Waals surface area contributed by atoms with Crippen LogP contribution in [0.25, 0.3) is 6.08 Å². The maximum absolute atomic E-state index is 11.0. The Morgan fingerprint density at radius 2 is 1.02 bits per heavy atom. The van der Waals surface area contributed by atoms with Gasteiger partial charge >= 0.3 is 36.2 Å². The fourth-order valence-electron chi connectivity index (χ4n) is 2.23. The summed E-state index contributed by atoms with van der Waals surface area (Å²) < 4.78 is 17.9. The Bertz CT molecular complexity index is 1500. The zero-order chi connectivity index (χ0) is 34.9. The molecule has 3 aromatic rings. The van der Waals surface area contributed by atoms with E-state index in [1.807, 2.05) is 30.3 Å². The van der Waals surface area contributed by atoms with Gasteiger partial charge in [-0.05, 0) is 49.8 Å². The zero-order valence-electron chi connectivity index (χ0n) is 25.0. The first-order valence-corrected chi connectivity index (χ1v) is 12.9. The van der Waals surface area contributed by atoms with Crippen molar-refractivity contribution in [2.75, 3.05) is 0 Å². The Morgan fingerprint density at radius 3 is 1.37 bits per heavy atom. The van der Waals surface area contributed by atoms with E-state index in [0.717, 1.165) is 17.7 Å². The number of hydrogen-bond acceptors (Lipinski definition) is 10. The normalized spacial score (nSPS) is 9.09. The molecule has 46 heavy (non-hydrogen) atoms. The summed E-state index contributed by atoms with van der Waals surface area (Å²) in [4.78, 5) is 63.1. The molecule has 0 aliphatic heterocycles. The van der Waals surface area contributed by atoms with Gasteiger partial charge in [-0.15, -0.1) is 0 Å². The van der Waals surface area contributed by atoms with E-state index in [0.29, 0.717) is 11.5 Å². The predicted molar refractivity (Wildman–Crippen MR) is 168 cm³/mol. The van der Waals surface area contributed by atoms with Crippen LogP contribution < -0.4 is 9.47 Å². The van der Waals surface area contributed by atoms with Crippen molar-refractivity contribution in [3.05, 3.63) is 140 Å². The second kappa shape index (κ2) is 23.0. The van der Waals surface area contributed by atoms with Gasteiger partial charge in [0.05, 0.1) is 0 Å². The van der Waals surface area contributed by atoms with Gasteiger partial charge in [0.25, 0.3) is 0 Å². The summed E-state index contributed by atoms with van der Waals surface area (Å²) in [5, 5.41) is 16.2. The number of hydrogen-bond donors (Lipinski definition) is 2. The Balaban J connectivity index is 0.000000612. The second-order valence-corrected chi connectivity index (χ2v) is 8.29. The summed E-state index contributed by atoms with van der Waals surface area (Å²) in [5.74, 6) is -2.86. The minimum Gasteiger partial charge on any atom is -0.478 e. The number of para-hydroxylation sites is 2. The van der Waals surface area contributed by atoms with Gasteiger partial charge in [0.1, 0.15) is 11.5 Å². The standard InChI is InChI=1S/C11H10O4.C10H8O4.C9H8O2.C4H6O2/c1-8(2)10(12)15-11(13)14-9-6-4-3-5-7-9;1-2-9(11)14-10(12)13-8-6-4-3-5-7-8;10-9(11)7-6-8-4-2-1-3-5-8;1-3(2)4(5)6/h3-7H,1H2,2H3;2-7H,1H2;1-7H,(H,10,11);1H2,2H3,(H,5,6). The van der Waals surface area contributed by atoms with Crippen molar-refractivity contribution in [1.82, 2.24) is 0 Å². The summed E-state index contributed by atoms with van der Waals surface area (Å²) in [6.45, 7) is 12.5. The highest BCUT2D eigenvalue weighted by atomic mass is 16.7. The van der Waals surface area contributed by atoms with E-state index in [-0.39, 0.29) is 11.1 Å². The van der Waals surface area contributed by atoms with Crippen LogP contribution in [0.3, 0.4) is 0 Å². The van der Waals surface area contributed by atoms with Crippen LogP contribution >= 0.6 is 0 Å². The third kappa shape index (κ3) is 21.2. The third-order valence-corrected chi connectivity index (χ3v) is 4.35. The van der Waals surface area contributed by atoms with Crippen molar-refractivity contribution in [3.8, 4) is 11.5 Å². The first-order chi connectivity index (χ1) is 21.7. The molecule has 0 aliphatic rings. The molecule has 0 atom stereocenters. The second-order valence-electron chi connectivity index (χ2n) is 8.29.